The zero-order chi connectivity index (χ0) is 25.1. The largest absolute Gasteiger partial charge is 0.795 e. The van der Waals surface area contributed by atoms with Gasteiger partial charge in [0.05, 0.1) is 19.2 Å². The van der Waals surface area contributed by atoms with Crippen molar-refractivity contribution in [3.63, 3.8) is 0 Å². The molecule has 1 unspecified atom stereocenters. The molecule has 0 saturated carbocycles. The molecule has 8 nitrogen and oxygen atoms in total. The van der Waals surface area contributed by atoms with Gasteiger partial charge >= 0.3 is 0 Å². The van der Waals surface area contributed by atoms with Crippen molar-refractivity contribution >= 4 is 44.1 Å². The number of pyridine rings is 1. The maximum atomic E-state index is 13.8. The molecule has 4 rings (SSSR count). The summed E-state index contributed by atoms with van der Waals surface area (Å²) in [5, 5.41) is 9.02. The highest BCUT2D eigenvalue weighted by Crippen LogP contribution is 2.35. The van der Waals surface area contributed by atoms with E-state index in [9.17, 15) is 22.3 Å². The number of rotatable bonds is 9. The fourth-order valence-corrected chi connectivity index (χ4v) is 7.45. The van der Waals surface area contributed by atoms with Gasteiger partial charge in [-0.1, -0.05) is 12.1 Å². The van der Waals surface area contributed by atoms with Crippen LogP contribution in [0.1, 0.15) is 5.56 Å². The van der Waals surface area contributed by atoms with Crippen LogP contribution in [-0.2, 0) is 21.1 Å². The molecule has 2 aromatic carbocycles. The topological polar surface area (TPSA) is 123 Å². The molecule has 0 fully saturated rings. The van der Waals surface area contributed by atoms with Gasteiger partial charge in [-0.15, -0.1) is 11.3 Å². The molecule has 0 aliphatic heterocycles. The average molecular weight is 532 g/mol. The summed E-state index contributed by atoms with van der Waals surface area (Å²) in [6, 6.07) is 16.8. The van der Waals surface area contributed by atoms with Gasteiger partial charge in [-0.05, 0) is 41.8 Å². The molecule has 2 aromatic heterocycles. The number of aromatic nitrogens is 1. The predicted molar refractivity (Wildman–Crippen MR) is 128 cm³/mol. The first-order valence-corrected chi connectivity index (χ1v) is 14.4. The lowest BCUT2D eigenvalue weighted by Gasteiger charge is -2.24. The Morgan fingerprint density at radius 2 is 1.91 bits per heavy atom. The van der Waals surface area contributed by atoms with Crippen LogP contribution in [0.25, 0.3) is 10.1 Å². The van der Waals surface area contributed by atoms with Crippen LogP contribution in [0, 0.1) is 17.1 Å². The van der Waals surface area contributed by atoms with E-state index in [1.807, 2.05) is 35.2 Å². The molecule has 0 bridgehead atoms. The SMILES string of the molecule is N#Cc1ccc(P(=O)([O-])CNS(=O)(=O)c2cc3cc(OCC[n+]4ccccc4)ccc3s2)cc1F. The highest BCUT2D eigenvalue weighted by Gasteiger charge is 2.22. The molecule has 0 aliphatic rings. The first kappa shape index (κ1) is 25.0. The number of nitrogens with one attached hydrogen (secondary N) is 1. The van der Waals surface area contributed by atoms with Gasteiger partial charge in [-0.25, -0.2) is 22.1 Å². The lowest BCUT2D eigenvalue weighted by Crippen LogP contribution is -2.35. The highest BCUT2D eigenvalue weighted by molar-refractivity contribution is 7.92. The fraction of sp³-hybridized carbons (Fsp3) is 0.130. The number of hydrogen-bond acceptors (Lipinski definition) is 7. The standard InChI is InChI=1S/C23H19FN3O5PS2/c24-21-14-20(6-4-17(21)15-25)33(28,29)16-26-35(30,31)23-13-18-12-19(5-7-22(18)34-23)32-11-10-27-8-2-1-3-9-27/h1-9,12-14,26H,10-11,16H2. The van der Waals surface area contributed by atoms with Crippen molar-refractivity contribution in [3.05, 3.63) is 84.4 Å². The van der Waals surface area contributed by atoms with Crippen LogP contribution in [0.3, 0.4) is 0 Å². The number of nitrogens with zero attached hydrogens (tertiary/aromatic N) is 2. The molecule has 0 radical (unpaired) electrons. The van der Waals surface area contributed by atoms with Crippen molar-refractivity contribution in [1.82, 2.24) is 4.72 Å². The Hall–Kier alpha value is -3.13. The van der Waals surface area contributed by atoms with Gasteiger partial charge in [-0.3, -0.25) is 0 Å². The number of fused-ring (bicyclic) bond motifs is 1. The van der Waals surface area contributed by atoms with Crippen LogP contribution in [0.15, 0.2) is 77.3 Å². The number of benzene rings is 2. The Morgan fingerprint density at radius 3 is 2.63 bits per heavy atom. The minimum absolute atomic E-state index is 0.0597. The molecule has 0 saturated heterocycles. The van der Waals surface area contributed by atoms with Crippen molar-refractivity contribution in [1.29, 1.82) is 5.26 Å². The number of halogens is 1. The third-order valence-corrected chi connectivity index (χ3v) is 9.90. The minimum Gasteiger partial charge on any atom is -0.795 e. The number of thiophene rings is 1. The van der Waals surface area contributed by atoms with E-state index in [0.717, 1.165) is 23.5 Å². The number of sulfonamides is 1. The van der Waals surface area contributed by atoms with Crippen molar-refractivity contribution in [3.8, 4) is 11.8 Å². The van der Waals surface area contributed by atoms with Gasteiger partial charge < -0.3 is 14.2 Å². The molecule has 0 spiro atoms. The Balaban J connectivity index is 1.44. The molecule has 12 heteroatoms. The first-order valence-electron chi connectivity index (χ1n) is 10.3. The number of hydrogen-bond donors (Lipinski definition) is 1. The summed E-state index contributed by atoms with van der Waals surface area (Å²) in [6.07, 6.45) is 2.92. The molecule has 1 N–H and O–H groups in total. The summed E-state index contributed by atoms with van der Waals surface area (Å²) in [4.78, 5) is 12.5. The van der Waals surface area contributed by atoms with Crippen LogP contribution >= 0.6 is 18.7 Å². The third-order valence-electron chi connectivity index (χ3n) is 5.05. The van der Waals surface area contributed by atoms with E-state index < -0.39 is 34.8 Å². The summed E-state index contributed by atoms with van der Waals surface area (Å²) < 4.78 is 62.3. The molecule has 35 heavy (non-hydrogen) atoms. The summed E-state index contributed by atoms with van der Waals surface area (Å²) >= 11 is 0.989. The second-order valence-corrected chi connectivity index (χ2v) is 12.7. The van der Waals surface area contributed by atoms with Crippen molar-refractivity contribution in [2.24, 2.45) is 0 Å². The Labute approximate surface area is 205 Å². The van der Waals surface area contributed by atoms with Gasteiger partial charge in [0.2, 0.25) is 10.0 Å². The summed E-state index contributed by atoms with van der Waals surface area (Å²) in [5.41, 5.74) is -0.304. The molecule has 0 amide bonds. The molecular weight excluding hydrogens is 512 g/mol. The lowest BCUT2D eigenvalue weighted by atomic mass is 10.2. The summed E-state index contributed by atoms with van der Waals surface area (Å²) in [7, 11) is -8.65. The molecule has 180 valence electrons. The van der Waals surface area contributed by atoms with Gasteiger partial charge in [0, 0.05) is 22.1 Å². The van der Waals surface area contributed by atoms with E-state index in [0.29, 0.717) is 35.1 Å². The Bertz CT molecular complexity index is 1570. The maximum absolute atomic E-state index is 13.8. The molecule has 2 heterocycles. The summed E-state index contributed by atoms with van der Waals surface area (Å²) in [6.45, 7) is 1.07. The monoisotopic (exact) mass is 531 g/mol. The van der Waals surface area contributed by atoms with Crippen molar-refractivity contribution in [2.45, 2.75) is 10.8 Å². The quantitative estimate of drug-likeness (QED) is 0.262. The van der Waals surface area contributed by atoms with Crippen LogP contribution in [0.2, 0.25) is 0 Å². The highest BCUT2D eigenvalue weighted by atomic mass is 32.2. The average Bonchev–Trinajstić information content (AvgIpc) is 3.28. The zero-order valence-corrected chi connectivity index (χ0v) is 20.7. The van der Waals surface area contributed by atoms with Gasteiger partial charge in [-0.2, -0.15) is 5.26 Å². The molecule has 4 aromatic rings. The Morgan fingerprint density at radius 1 is 1.14 bits per heavy atom. The number of nitriles is 1. The van der Waals surface area contributed by atoms with E-state index in [4.69, 9.17) is 10.00 Å². The lowest BCUT2D eigenvalue weighted by molar-refractivity contribution is -0.697. The fourth-order valence-electron chi connectivity index (χ4n) is 3.21. The van der Waals surface area contributed by atoms with Gasteiger partial charge in [0.15, 0.2) is 18.9 Å². The van der Waals surface area contributed by atoms with Crippen molar-refractivity contribution < 1.29 is 31.6 Å². The van der Waals surface area contributed by atoms with E-state index >= 15 is 0 Å². The van der Waals surface area contributed by atoms with Gasteiger partial charge in [0.25, 0.3) is 0 Å². The van der Waals surface area contributed by atoms with Gasteiger partial charge in [0.1, 0.15) is 28.5 Å². The molecule has 0 aliphatic carbocycles. The van der Waals surface area contributed by atoms with E-state index in [2.05, 4.69) is 4.72 Å². The Kier molecular flexibility index (Phi) is 7.31. The summed E-state index contributed by atoms with van der Waals surface area (Å²) in [5.74, 6) is -0.413. The molecular formula is C23H19FN3O5PS2. The van der Waals surface area contributed by atoms with Crippen molar-refractivity contribution in [2.75, 3.05) is 12.9 Å². The van der Waals surface area contributed by atoms with Crippen LogP contribution in [-0.4, -0.2) is 21.3 Å². The van der Waals surface area contributed by atoms with E-state index in [-0.39, 0.29) is 9.77 Å². The van der Waals surface area contributed by atoms with Crippen LogP contribution in [0.4, 0.5) is 4.39 Å². The number of ether oxygens (including phenoxy) is 1. The normalized spacial score (nSPS) is 13.3. The van der Waals surface area contributed by atoms with E-state index in [1.165, 1.54) is 6.07 Å². The maximum Gasteiger partial charge on any atom is 0.250 e. The molecule has 1 atom stereocenters. The second kappa shape index (κ2) is 10.2. The zero-order valence-electron chi connectivity index (χ0n) is 18.1. The van der Waals surface area contributed by atoms with Crippen LogP contribution < -0.4 is 24.2 Å². The smallest absolute Gasteiger partial charge is 0.250 e. The minimum atomic E-state index is -4.51. The van der Waals surface area contributed by atoms with Crippen LogP contribution in [0.5, 0.6) is 5.75 Å². The third kappa shape index (κ3) is 5.93. The predicted octanol–water partition coefficient (Wildman–Crippen LogP) is 2.48. The second-order valence-electron chi connectivity index (χ2n) is 7.48. The first-order chi connectivity index (χ1) is 16.7. The van der Waals surface area contributed by atoms with E-state index in [1.54, 1.807) is 24.3 Å².